The van der Waals surface area contributed by atoms with E-state index in [2.05, 4.69) is 20.9 Å². The number of hydrogen-bond donors (Lipinski definition) is 1. The number of oxazole rings is 1. The minimum absolute atomic E-state index is 0.152. The summed E-state index contributed by atoms with van der Waals surface area (Å²) in [7, 11) is 0. The number of alkyl halides is 3. The summed E-state index contributed by atoms with van der Waals surface area (Å²) in [6.07, 6.45) is -2.85. The normalized spacial score (nSPS) is 11.9. The Labute approximate surface area is 160 Å². The SMILES string of the molecule is Oc1ccc2cc(-c3cnc(-c4ccc(C(F)(F)F)cc4)o3)ccc2c1Br. The fourth-order valence-corrected chi connectivity index (χ4v) is 3.27. The highest BCUT2D eigenvalue weighted by Gasteiger charge is 2.30. The largest absolute Gasteiger partial charge is 0.507 e. The Morgan fingerprint density at radius 2 is 1.63 bits per heavy atom. The average Bonchev–Trinajstić information content (AvgIpc) is 3.14. The number of fused-ring (bicyclic) bond motifs is 1. The summed E-state index contributed by atoms with van der Waals surface area (Å²) >= 11 is 3.35. The number of benzene rings is 3. The highest BCUT2D eigenvalue weighted by molar-refractivity contribution is 9.10. The van der Waals surface area contributed by atoms with Crippen molar-refractivity contribution in [2.75, 3.05) is 0 Å². The summed E-state index contributed by atoms with van der Waals surface area (Å²) in [5.41, 5.74) is 0.509. The molecule has 1 heterocycles. The molecule has 0 aliphatic carbocycles. The Hall–Kier alpha value is -2.80. The summed E-state index contributed by atoms with van der Waals surface area (Å²) in [6.45, 7) is 0. The molecular weight excluding hydrogens is 423 g/mol. The number of hydrogen-bond acceptors (Lipinski definition) is 3. The quantitative estimate of drug-likeness (QED) is 0.384. The Balaban J connectivity index is 1.68. The summed E-state index contributed by atoms with van der Waals surface area (Å²) in [5.74, 6) is 0.890. The van der Waals surface area contributed by atoms with E-state index in [1.54, 1.807) is 12.1 Å². The van der Waals surface area contributed by atoms with Crippen LogP contribution in [0.2, 0.25) is 0 Å². The number of nitrogens with zero attached hydrogens (tertiary/aromatic N) is 1. The van der Waals surface area contributed by atoms with Gasteiger partial charge in [-0.3, -0.25) is 0 Å². The van der Waals surface area contributed by atoms with Gasteiger partial charge in [-0.25, -0.2) is 4.98 Å². The van der Waals surface area contributed by atoms with E-state index in [1.807, 2.05) is 18.2 Å². The lowest BCUT2D eigenvalue weighted by Crippen LogP contribution is -2.03. The van der Waals surface area contributed by atoms with E-state index in [0.717, 1.165) is 28.5 Å². The predicted octanol–water partition coefficient (Wildman–Crippen LogP) is 6.65. The van der Waals surface area contributed by atoms with Gasteiger partial charge in [-0.1, -0.05) is 18.2 Å². The van der Waals surface area contributed by atoms with Crippen LogP contribution in [0.15, 0.2) is 69.7 Å². The summed E-state index contributed by atoms with van der Waals surface area (Å²) in [6, 6.07) is 13.6. The lowest BCUT2D eigenvalue weighted by Gasteiger charge is -2.06. The first-order valence-corrected chi connectivity index (χ1v) is 8.67. The number of aromatic hydroxyl groups is 1. The predicted molar refractivity (Wildman–Crippen MR) is 99.2 cm³/mol. The van der Waals surface area contributed by atoms with Crippen molar-refractivity contribution in [2.45, 2.75) is 6.18 Å². The molecule has 0 spiro atoms. The van der Waals surface area contributed by atoms with Gasteiger partial charge in [-0.2, -0.15) is 13.2 Å². The summed E-state index contributed by atoms with van der Waals surface area (Å²) < 4.78 is 44.3. The van der Waals surface area contributed by atoms with Gasteiger partial charge in [0.2, 0.25) is 5.89 Å². The molecule has 3 aromatic carbocycles. The molecule has 4 aromatic rings. The summed E-state index contributed by atoms with van der Waals surface area (Å²) in [5, 5.41) is 11.5. The van der Waals surface area contributed by atoms with Crippen LogP contribution in [0.3, 0.4) is 0 Å². The molecule has 1 aromatic heterocycles. The zero-order valence-corrected chi connectivity index (χ0v) is 15.2. The second-order valence-electron chi connectivity index (χ2n) is 5.94. The fourth-order valence-electron chi connectivity index (χ4n) is 2.78. The van der Waals surface area contributed by atoms with Crippen molar-refractivity contribution in [1.82, 2.24) is 4.98 Å². The first-order chi connectivity index (χ1) is 12.8. The van der Waals surface area contributed by atoms with Gasteiger partial charge < -0.3 is 9.52 Å². The molecule has 7 heteroatoms. The van der Waals surface area contributed by atoms with Crippen LogP contribution >= 0.6 is 15.9 Å². The third-order valence-electron chi connectivity index (χ3n) is 4.18. The van der Waals surface area contributed by atoms with Gasteiger partial charge in [0.25, 0.3) is 0 Å². The van der Waals surface area contributed by atoms with Crippen LogP contribution < -0.4 is 0 Å². The van der Waals surface area contributed by atoms with Crippen LogP contribution in [-0.2, 0) is 6.18 Å². The van der Waals surface area contributed by atoms with Gasteiger partial charge in [0.1, 0.15) is 5.75 Å². The molecule has 0 saturated carbocycles. The van der Waals surface area contributed by atoms with Gasteiger partial charge in [-0.15, -0.1) is 0 Å². The van der Waals surface area contributed by atoms with Crippen LogP contribution in [0.4, 0.5) is 13.2 Å². The number of phenols is 1. The Kier molecular flexibility index (Phi) is 4.19. The van der Waals surface area contributed by atoms with Crippen molar-refractivity contribution < 1.29 is 22.7 Å². The third kappa shape index (κ3) is 3.30. The molecule has 0 aliphatic heterocycles. The van der Waals surface area contributed by atoms with Crippen LogP contribution in [0, 0.1) is 0 Å². The minimum Gasteiger partial charge on any atom is -0.507 e. The monoisotopic (exact) mass is 433 g/mol. The van der Waals surface area contributed by atoms with E-state index in [4.69, 9.17) is 4.42 Å². The van der Waals surface area contributed by atoms with E-state index in [1.165, 1.54) is 18.3 Å². The highest BCUT2D eigenvalue weighted by Crippen LogP contribution is 2.35. The zero-order valence-electron chi connectivity index (χ0n) is 13.6. The molecular formula is C20H11BrF3NO2. The van der Waals surface area contributed by atoms with Gasteiger partial charge in [-0.05, 0) is 63.1 Å². The molecule has 0 amide bonds. The Bertz CT molecular complexity index is 1130. The van der Waals surface area contributed by atoms with Crippen LogP contribution in [0.25, 0.3) is 33.6 Å². The first-order valence-electron chi connectivity index (χ1n) is 7.88. The number of halogens is 4. The second-order valence-corrected chi connectivity index (χ2v) is 6.73. The fraction of sp³-hybridized carbons (Fsp3) is 0.0500. The molecule has 0 radical (unpaired) electrons. The van der Waals surface area contributed by atoms with Crippen LogP contribution in [0.1, 0.15) is 5.56 Å². The Morgan fingerprint density at radius 1 is 0.926 bits per heavy atom. The van der Waals surface area contributed by atoms with E-state index in [-0.39, 0.29) is 11.6 Å². The topological polar surface area (TPSA) is 46.3 Å². The maximum Gasteiger partial charge on any atom is 0.416 e. The van der Waals surface area contributed by atoms with Crippen LogP contribution in [-0.4, -0.2) is 10.1 Å². The smallest absolute Gasteiger partial charge is 0.416 e. The molecule has 3 nitrogen and oxygen atoms in total. The number of rotatable bonds is 2. The molecule has 1 N–H and O–H groups in total. The van der Waals surface area contributed by atoms with Crippen molar-refractivity contribution >= 4 is 26.7 Å². The van der Waals surface area contributed by atoms with Gasteiger partial charge in [0, 0.05) is 11.1 Å². The number of aromatic nitrogens is 1. The molecule has 27 heavy (non-hydrogen) atoms. The summed E-state index contributed by atoms with van der Waals surface area (Å²) in [4.78, 5) is 4.17. The molecule has 0 saturated heterocycles. The van der Waals surface area contributed by atoms with Gasteiger partial charge in [0.05, 0.1) is 16.2 Å². The number of phenolic OH excluding ortho intramolecular Hbond substituents is 1. The highest BCUT2D eigenvalue weighted by atomic mass is 79.9. The second kappa shape index (κ2) is 6.42. The zero-order chi connectivity index (χ0) is 19.2. The lowest BCUT2D eigenvalue weighted by molar-refractivity contribution is -0.137. The molecule has 0 aliphatic rings. The van der Waals surface area contributed by atoms with Crippen molar-refractivity contribution in [3.8, 4) is 28.5 Å². The van der Waals surface area contributed by atoms with Gasteiger partial charge in [0.15, 0.2) is 5.76 Å². The molecule has 0 atom stereocenters. The van der Waals surface area contributed by atoms with E-state index in [9.17, 15) is 18.3 Å². The third-order valence-corrected chi connectivity index (χ3v) is 5.02. The van der Waals surface area contributed by atoms with Crippen LogP contribution in [0.5, 0.6) is 5.75 Å². The van der Waals surface area contributed by atoms with E-state index >= 15 is 0 Å². The van der Waals surface area contributed by atoms with Crippen molar-refractivity contribution in [2.24, 2.45) is 0 Å². The van der Waals surface area contributed by atoms with Crippen molar-refractivity contribution in [1.29, 1.82) is 0 Å². The average molecular weight is 434 g/mol. The molecule has 4 rings (SSSR count). The van der Waals surface area contributed by atoms with E-state index < -0.39 is 11.7 Å². The van der Waals surface area contributed by atoms with Gasteiger partial charge >= 0.3 is 6.18 Å². The molecule has 136 valence electrons. The Morgan fingerprint density at radius 3 is 2.33 bits per heavy atom. The van der Waals surface area contributed by atoms with Crippen molar-refractivity contribution in [3.63, 3.8) is 0 Å². The lowest BCUT2D eigenvalue weighted by atomic mass is 10.1. The van der Waals surface area contributed by atoms with Crippen molar-refractivity contribution in [3.05, 3.63) is 70.8 Å². The maximum atomic E-state index is 12.7. The maximum absolute atomic E-state index is 12.7. The minimum atomic E-state index is -4.38. The molecule has 0 unspecified atom stereocenters. The molecule has 0 bridgehead atoms. The molecule has 0 fully saturated rings. The van der Waals surface area contributed by atoms with E-state index in [0.29, 0.717) is 15.8 Å². The standard InChI is InChI=1S/C20H11BrF3NO2/c21-18-15-7-3-13(9-12(15)4-8-16(18)26)17-10-25-19(27-17)11-1-5-14(6-2-11)20(22,23)24/h1-10,26H. The first kappa shape index (κ1) is 17.6.